The number of hydrogen-bond acceptors (Lipinski definition) is 5. The van der Waals surface area contributed by atoms with Crippen molar-refractivity contribution in [2.75, 3.05) is 0 Å². The molecule has 94 valence electrons. The van der Waals surface area contributed by atoms with Crippen molar-refractivity contribution in [3.63, 3.8) is 0 Å². The molecule has 0 spiro atoms. The van der Waals surface area contributed by atoms with E-state index in [9.17, 15) is 24.2 Å². The van der Waals surface area contributed by atoms with Crippen LogP contribution in [0.2, 0.25) is 0 Å². The maximum Gasteiger partial charge on any atom is 0.330 e. The predicted octanol–water partition coefficient (Wildman–Crippen LogP) is -1.69. The van der Waals surface area contributed by atoms with Crippen molar-refractivity contribution >= 4 is 0 Å². The van der Waals surface area contributed by atoms with Crippen LogP contribution >= 0.6 is 0 Å². The van der Waals surface area contributed by atoms with E-state index in [1.54, 1.807) is 4.98 Å². The Morgan fingerprint density at radius 1 is 1.41 bits per heavy atom. The highest BCUT2D eigenvalue weighted by atomic mass is 19.1. The largest absolute Gasteiger partial charge is 0.388 e. The topological polar surface area (TPSA) is 105 Å². The van der Waals surface area contributed by atoms with Gasteiger partial charge in [0.2, 0.25) is 5.82 Å². The molecule has 0 unspecified atom stereocenters. The summed E-state index contributed by atoms with van der Waals surface area (Å²) < 4.78 is 18.9. The van der Waals surface area contributed by atoms with Gasteiger partial charge in [-0.3, -0.25) is 14.3 Å². The number of nitrogens with zero attached hydrogens (tertiary/aromatic N) is 1. The molecule has 1 saturated heterocycles. The van der Waals surface area contributed by atoms with E-state index >= 15 is 0 Å². The van der Waals surface area contributed by atoms with E-state index in [4.69, 9.17) is 4.74 Å². The summed E-state index contributed by atoms with van der Waals surface area (Å²) in [5.74, 6) is -1.17. The Balaban J connectivity index is 2.46. The highest BCUT2D eigenvalue weighted by molar-refractivity contribution is 4.93. The quantitative estimate of drug-likeness (QED) is 0.548. The van der Waals surface area contributed by atoms with Crippen LogP contribution in [0.15, 0.2) is 15.8 Å². The van der Waals surface area contributed by atoms with Crippen LogP contribution in [0.3, 0.4) is 0 Å². The number of nitrogens with one attached hydrogen (secondary N) is 1. The van der Waals surface area contributed by atoms with Crippen molar-refractivity contribution in [2.24, 2.45) is 0 Å². The molecular formula is C9H11FN2O5. The van der Waals surface area contributed by atoms with Gasteiger partial charge in [-0.15, -0.1) is 0 Å². The van der Waals surface area contributed by atoms with Gasteiger partial charge >= 0.3 is 5.69 Å². The lowest BCUT2D eigenvalue weighted by molar-refractivity contribution is -0.0356. The first kappa shape index (κ1) is 12.0. The fourth-order valence-electron chi connectivity index (χ4n) is 1.71. The first-order valence-corrected chi connectivity index (χ1v) is 4.94. The summed E-state index contributed by atoms with van der Waals surface area (Å²) in [5, 5.41) is 19.1. The number of halogens is 1. The molecule has 1 fully saturated rings. The number of rotatable bonds is 1. The molecule has 1 aromatic rings. The number of aliphatic hydroxyl groups excluding tert-OH is 2. The summed E-state index contributed by atoms with van der Waals surface area (Å²) in [5.41, 5.74) is -2.06. The van der Waals surface area contributed by atoms with E-state index in [0.717, 1.165) is 0 Å². The molecule has 1 aromatic heterocycles. The molecule has 0 bridgehead atoms. The average molecular weight is 246 g/mol. The summed E-state index contributed by atoms with van der Waals surface area (Å²) >= 11 is 0. The van der Waals surface area contributed by atoms with Crippen LogP contribution in [0.25, 0.3) is 0 Å². The number of aromatic amines is 1. The molecule has 0 radical (unpaired) electrons. The van der Waals surface area contributed by atoms with E-state index in [0.29, 0.717) is 10.8 Å². The zero-order chi connectivity index (χ0) is 12.7. The highest BCUT2D eigenvalue weighted by Gasteiger charge is 2.41. The van der Waals surface area contributed by atoms with Crippen molar-refractivity contribution in [1.82, 2.24) is 9.55 Å². The van der Waals surface area contributed by atoms with Gasteiger partial charge in [0.15, 0.2) is 6.23 Å². The second kappa shape index (κ2) is 4.06. The van der Waals surface area contributed by atoms with Gasteiger partial charge in [-0.1, -0.05) is 0 Å². The third-order valence-electron chi connectivity index (χ3n) is 2.68. The van der Waals surface area contributed by atoms with Crippen LogP contribution in [0, 0.1) is 5.82 Å². The normalized spacial score (nSPS) is 32.9. The van der Waals surface area contributed by atoms with Gasteiger partial charge in [0.1, 0.15) is 12.2 Å². The minimum atomic E-state index is -1.37. The Kier molecular flexibility index (Phi) is 2.86. The molecule has 1 aliphatic rings. The van der Waals surface area contributed by atoms with Crippen LogP contribution in [0.5, 0.6) is 0 Å². The Morgan fingerprint density at radius 2 is 2.06 bits per heavy atom. The minimum absolute atomic E-state index is 0.639. The number of aromatic nitrogens is 2. The summed E-state index contributed by atoms with van der Waals surface area (Å²) in [6.45, 7) is 1.50. The molecule has 2 rings (SSSR count). The number of aliphatic hydroxyl groups is 2. The van der Waals surface area contributed by atoms with Crippen LogP contribution in [-0.4, -0.2) is 38.1 Å². The third kappa shape index (κ3) is 1.90. The van der Waals surface area contributed by atoms with Crippen molar-refractivity contribution in [3.05, 3.63) is 32.9 Å². The summed E-state index contributed by atoms with van der Waals surface area (Å²) in [7, 11) is 0. The van der Waals surface area contributed by atoms with Crippen molar-refractivity contribution < 1.29 is 19.3 Å². The third-order valence-corrected chi connectivity index (χ3v) is 2.68. The maximum absolute atomic E-state index is 13.0. The molecule has 0 aromatic carbocycles. The van der Waals surface area contributed by atoms with Gasteiger partial charge in [0.25, 0.3) is 5.56 Å². The summed E-state index contributed by atoms with van der Waals surface area (Å²) in [6.07, 6.45) is -3.83. The lowest BCUT2D eigenvalue weighted by atomic mass is 10.1. The molecule has 3 N–H and O–H groups in total. The molecular weight excluding hydrogens is 235 g/mol. The van der Waals surface area contributed by atoms with E-state index in [-0.39, 0.29) is 0 Å². The SMILES string of the molecule is C[C@@H]1O[C@@H](n2cc(F)c(=O)[nH]c2=O)[C@@H](O)[C@H]1O. The van der Waals surface area contributed by atoms with Gasteiger partial charge in [-0.05, 0) is 6.92 Å². The molecule has 0 amide bonds. The molecule has 7 nitrogen and oxygen atoms in total. The van der Waals surface area contributed by atoms with Gasteiger partial charge in [0.05, 0.1) is 12.3 Å². The molecule has 4 atom stereocenters. The van der Waals surface area contributed by atoms with Crippen molar-refractivity contribution in [1.29, 1.82) is 0 Å². The zero-order valence-electron chi connectivity index (χ0n) is 8.83. The molecule has 8 heteroatoms. The Hall–Kier alpha value is -1.51. The number of ether oxygens (including phenoxy) is 1. The highest BCUT2D eigenvalue weighted by Crippen LogP contribution is 2.27. The summed E-state index contributed by atoms with van der Waals surface area (Å²) in [4.78, 5) is 24.0. The monoisotopic (exact) mass is 246 g/mol. The second-order valence-corrected chi connectivity index (χ2v) is 3.86. The lowest BCUT2D eigenvalue weighted by Crippen LogP contribution is -2.38. The first-order chi connectivity index (χ1) is 7.91. The van der Waals surface area contributed by atoms with Gasteiger partial charge in [-0.25, -0.2) is 4.79 Å². The molecule has 0 aliphatic carbocycles. The maximum atomic E-state index is 13.0. The zero-order valence-corrected chi connectivity index (χ0v) is 8.83. The molecule has 2 heterocycles. The van der Waals surface area contributed by atoms with Crippen LogP contribution < -0.4 is 11.2 Å². The Labute approximate surface area is 94.1 Å². The van der Waals surface area contributed by atoms with Crippen LogP contribution in [0.1, 0.15) is 13.2 Å². The van der Waals surface area contributed by atoms with Crippen molar-refractivity contribution in [2.45, 2.75) is 31.5 Å². The fraction of sp³-hybridized carbons (Fsp3) is 0.556. The molecule has 1 aliphatic heterocycles. The average Bonchev–Trinajstić information content (AvgIpc) is 2.51. The van der Waals surface area contributed by atoms with E-state index in [2.05, 4.69) is 0 Å². The van der Waals surface area contributed by atoms with E-state index in [1.165, 1.54) is 6.92 Å². The fourth-order valence-corrected chi connectivity index (χ4v) is 1.71. The minimum Gasteiger partial charge on any atom is -0.388 e. The smallest absolute Gasteiger partial charge is 0.330 e. The standard InChI is InChI=1S/C9H11FN2O5/c1-3-5(13)6(14)8(17-3)12-2-4(10)7(15)11-9(12)16/h2-3,5-6,8,13-14H,1H3,(H,11,15,16)/t3-,5-,6-,8+/m0/s1. The van der Waals surface area contributed by atoms with E-state index in [1.807, 2.05) is 0 Å². The van der Waals surface area contributed by atoms with Gasteiger partial charge < -0.3 is 14.9 Å². The predicted molar refractivity (Wildman–Crippen MR) is 52.9 cm³/mol. The number of H-pyrrole nitrogens is 1. The van der Waals surface area contributed by atoms with E-state index < -0.39 is 41.6 Å². The Bertz CT molecular complexity index is 539. The van der Waals surface area contributed by atoms with Crippen LogP contribution in [0.4, 0.5) is 4.39 Å². The van der Waals surface area contributed by atoms with Crippen molar-refractivity contribution in [3.8, 4) is 0 Å². The first-order valence-electron chi connectivity index (χ1n) is 4.94. The van der Waals surface area contributed by atoms with Crippen LogP contribution in [-0.2, 0) is 4.74 Å². The van der Waals surface area contributed by atoms with Gasteiger partial charge in [-0.2, -0.15) is 4.39 Å². The Morgan fingerprint density at radius 3 is 2.59 bits per heavy atom. The number of hydrogen-bond donors (Lipinski definition) is 3. The molecule has 0 saturated carbocycles. The second-order valence-electron chi connectivity index (χ2n) is 3.86. The molecule has 17 heavy (non-hydrogen) atoms. The lowest BCUT2D eigenvalue weighted by Gasteiger charge is -2.16. The summed E-state index contributed by atoms with van der Waals surface area (Å²) in [6, 6.07) is 0. The van der Waals surface area contributed by atoms with Gasteiger partial charge in [0, 0.05) is 0 Å².